The number of benzene rings is 1. The predicted molar refractivity (Wildman–Crippen MR) is 67.4 cm³/mol. The summed E-state index contributed by atoms with van der Waals surface area (Å²) in [5.74, 6) is -0.187. The lowest BCUT2D eigenvalue weighted by atomic mass is 9.94. The lowest BCUT2D eigenvalue weighted by Gasteiger charge is -2.25. The minimum atomic E-state index is -0.104. The molecule has 4 heteroatoms. The van der Waals surface area contributed by atoms with Crippen molar-refractivity contribution in [1.29, 1.82) is 0 Å². The van der Waals surface area contributed by atoms with Crippen LogP contribution >= 0.6 is 0 Å². The number of carbonyl (C=O) groups is 1. The number of rotatable bonds is 2. The number of nitrogens with one attached hydrogen (secondary N) is 1. The third-order valence-electron chi connectivity index (χ3n) is 3.53. The number of para-hydroxylation sites is 1. The zero-order chi connectivity index (χ0) is 12.4. The van der Waals surface area contributed by atoms with Crippen LogP contribution in [0.1, 0.15) is 12.0 Å². The van der Waals surface area contributed by atoms with Crippen LogP contribution in [0.2, 0.25) is 0 Å². The van der Waals surface area contributed by atoms with Crippen molar-refractivity contribution < 1.29 is 14.3 Å². The van der Waals surface area contributed by atoms with Gasteiger partial charge in [0.15, 0.2) is 0 Å². The van der Waals surface area contributed by atoms with E-state index in [1.54, 1.807) is 0 Å². The highest BCUT2D eigenvalue weighted by Crippen LogP contribution is 2.25. The second-order valence-corrected chi connectivity index (χ2v) is 4.86. The fourth-order valence-electron chi connectivity index (χ4n) is 2.47. The summed E-state index contributed by atoms with van der Waals surface area (Å²) in [6.07, 6.45) is 1.53. The lowest BCUT2D eigenvalue weighted by molar-refractivity contribution is -0.153. The molecule has 1 N–H and O–H groups in total. The molecule has 2 heterocycles. The Morgan fingerprint density at radius 2 is 2.28 bits per heavy atom. The van der Waals surface area contributed by atoms with Crippen LogP contribution in [0.5, 0.6) is 0 Å². The van der Waals surface area contributed by atoms with Crippen molar-refractivity contribution in [2.24, 2.45) is 5.92 Å². The second kappa shape index (κ2) is 4.98. The monoisotopic (exact) mass is 247 g/mol. The largest absolute Gasteiger partial charge is 0.460 e. The van der Waals surface area contributed by atoms with Crippen LogP contribution in [0, 0.1) is 5.92 Å². The maximum Gasteiger partial charge on any atom is 0.311 e. The zero-order valence-electron chi connectivity index (χ0n) is 10.2. The van der Waals surface area contributed by atoms with Gasteiger partial charge in [0.05, 0.1) is 19.1 Å². The zero-order valence-corrected chi connectivity index (χ0v) is 10.2. The molecule has 0 radical (unpaired) electrons. The van der Waals surface area contributed by atoms with E-state index in [-0.39, 0.29) is 18.0 Å². The molecule has 18 heavy (non-hydrogen) atoms. The first-order valence-corrected chi connectivity index (χ1v) is 6.43. The van der Waals surface area contributed by atoms with Gasteiger partial charge >= 0.3 is 5.97 Å². The van der Waals surface area contributed by atoms with Gasteiger partial charge in [0.25, 0.3) is 0 Å². The van der Waals surface area contributed by atoms with E-state index in [9.17, 15) is 4.79 Å². The van der Waals surface area contributed by atoms with Crippen molar-refractivity contribution >= 4 is 11.7 Å². The maximum atomic E-state index is 12.0. The molecule has 1 aromatic carbocycles. The minimum absolute atomic E-state index is 0.0466. The van der Waals surface area contributed by atoms with Gasteiger partial charge in [0, 0.05) is 18.7 Å². The summed E-state index contributed by atoms with van der Waals surface area (Å²) in [5.41, 5.74) is 2.32. The number of carbonyl (C=O) groups excluding carboxylic acids is 1. The number of hydrogen-bond donors (Lipinski definition) is 1. The summed E-state index contributed by atoms with van der Waals surface area (Å²) in [6.45, 7) is 1.90. The van der Waals surface area contributed by atoms with Crippen LogP contribution in [-0.4, -0.2) is 31.8 Å². The van der Waals surface area contributed by atoms with Crippen LogP contribution in [0.4, 0.5) is 5.69 Å². The van der Waals surface area contributed by atoms with Crippen molar-refractivity contribution in [3.63, 3.8) is 0 Å². The number of fused-ring (bicyclic) bond motifs is 1. The Bertz CT molecular complexity index is 440. The quantitative estimate of drug-likeness (QED) is 0.806. The van der Waals surface area contributed by atoms with E-state index in [2.05, 4.69) is 11.4 Å². The Hall–Kier alpha value is -1.55. The van der Waals surface area contributed by atoms with Crippen LogP contribution in [0.3, 0.4) is 0 Å². The first kappa shape index (κ1) is 11.5. The van der Waals surface area contributed by atoms with Crippen molar-refractivity contribution in [3.8, 4) is 0 Å². The van der Waals surface area contributed by atoms with Crippen molar-refractivity contribution in [2.45, 2.75) is 18.9 Å². The molecule has 2 unspecified atom stereocenters. The SMILES string of the molecule is O=C(OC1CCOC1)C1CNc2ccccc2C1. The van der Waals surface area contributed by atoms with Gasteiger partial charge in [-0.1, -0.05) is 18.2 Å². The molecular weight excluding hydrogens is 230 g/mol. The van der Waals surface area contributed by atoms with Crippen LogP contribution in [0.15, 0.2) is 24.3 Å². The number of hydrogen-bond acceptors (Lipinski definition) is 4. The highest BCUT2D eigenvalue weighted by molar-refractivity contribution is 5.75. The third kappa shape index (κ3) is 2.34. The van der Waals surface area contributed by atoms with Crippen molar-refractivity contribution in [1.82, 2.24) is 0 Å². The smallest absolute Gasteiger partial charge is 0.311 e. The Labute approximate surface area is 106 Å². The van der Waals surface area contributed by atoms with E-state index in [4.69, 9.17) is 9.47 Å². The molecule has 0 aliphatic carbocycles. The fourth-order valence-corrected chi connectivity index (χ4v) is 2.47. The van der Waals surface area contributed by atoms with Crippen molar-refractivity contribution in [2.75, 3.05) is 25.1 Å². The summed E-state index contributed by atoms with van der Waals surface area (Å²) in [6, 6.07) is 8.10. The molecule has 2 atom stereocenters. The van der Waals surface area contributed by atoms with Gasteiger partial charge in [0.2, 0.25) is 0 Å². The van der Waals surface area contributed by atoms with E-state index >= 15 is 0 Å². The summed E-state index contributed by atoms with van der Waals surface area (Å²) >= 11 is 0. The topological polar surface area (TPSA) is 47.6 Å². The summed E-state index contributed by atoms with van der Waals surface area (Å²) in [4.78, 5) is 12.0. The minimum Gasteiger partial charge on any atom is -0.460 e. The van der Waals surface area contributed by atoms with E-state index in [0.717, 1.165) is 18.5 Å². The second-order valence-electron chi connectivity index (χ2n) is 4.86. The standard InChI is InChI=1S/C14H17NO3/c16-14(18-12-5-6-17-9-12)11-7-10-3-1-2-4-13(10)15-8-11/h1-4,11-12,15H,5-9H2. The highest BCUT2D eigenvalue weighted by atomic mass is 16.6. The van der Waals surface area contributed by atoms with Gasteiger partial charge in [-0.2, -0.15) is 0 Å². The van der Waals surface area contributed by atoms with E-state index in [1.165, 1.54) is 5.56 Å². The van der Waals surface area contributed by atoms with Gasteiger partial charge < -0.3 is 14.8 Å². The molecule has 1 aromatic rings. The summed E-state index contributed by atoms with van der Waals surface area (Å²) < 4.78 is 10.7. The average molecular weight is 247 g/mol. The molecule has 1 saturated heterocycles. The lowest BCUT2D eigenvalue weighted by Crippen LogP contribution is -2.33. The van der Waals surface area contributed by atoms with Gasteiger partial charge in [-0.15, -0.1) is 0 Å². The molecule has 2 aliphatic rings. The number of ether oxygens (including phenoxy) is 2. The van der Waals surface area contributed by atoms with Crippen LogP contribution in [0.25, 0.3) is 0 Å². The van der Waals surface area contributed by atoms with E-state index < -0.39 is 0 Å². The molecule has 2 aliphatic heterocycles. The molecule has 1 fully saturated rings. The Kier molecular flexibility index (Phi) is 3.19. The Morgan fingerprint density at radius 3 is 3.11 bits per heavy atom. The molecule has 0 saturated carbocycles. The average Bonchev–Trinajstić information content (AvgIpc) is 2.91. The molecule has 0 amide bonds. The summed E-state index contributed by atoms with van der Waals surface area (Å²) in [5, 5.41) is 3.29. The molecule has 0 spiro atoms. The van der Waals surface area contributed by atoms with Crippen molar-refractivity contribution in [3.05, 3.63) is 29.8 Å². The Morgan fingerprint density at radius 1 is 1.39 bits per heavy atom. The number of esters is 1. The normalized spacial score (nSPS) is 26.2. The van der Waals surface area contributed by atoms with Crippen LogP contribution < -0.4 is 5.32 Å². The van der Waals surface area contributed by atoms with Gasteiger partial charge in [-0.25, -0.2) is 0 Å². The van der Waals surface area contributed by atoms with E-state index in [0.29, 0.717) is 19.8 Å². The van der Waals surface area contributed by atoms with Gasteiger partial charge in [-0.05, 0) is 18.1 Å². The Balaban J connectivity index is 1.62. The van der Waals surface area contributed by atoms with Crippen LogP contribution in [-0.2, 0) is 20.7 Å². The molecule has 3 rings (SSSR count). The third-order valence-corrected chi connectivity index (χ3v) is 3.53. The van der Waals surface area contributed by atoms with Gasteiger partial charge in [0.1, 0.15) is 6.10 Å². The fraction of sp³-hybridized carbons (Fsp3) is 0.500. The predicted octanol–water partition coefficient (Wildman–Crippen LogP) is 1.60. The summed E-state index contributed by atoms with van der Waals surface area (Å²) in [7, 11) is 0. The molecule has 96 valence electrons. The molecule has 0 bridgehead atoms. The van der Waals surface area contributed by atoms with E-state index in [1.807, 2.05) is 18.2 Å². The number of anilines is 1. The molecular formula is C14H17NO3. The van der Waals surface area contributed by atoms with Gasteiger partial charge in [-0.3, -0.25) is 4.79 Å². The first-order valence-electron chi connectivity index (χ1n) is 6.43. The molecule has 0 aromatic heterocycles. The first-order chi connectivity index (χ1) is 8.83. The molecule has 4 nitrogen and oxygen atoms in total. The highest BCUT2D eigenvalue weighted by Gasteiger charge is 2.28. The maximum absolute atomic E-state index is 12.0.